The summed E-state index contributed by atoms with van der Waals surface area (Å²) >= 11 is 0. The Morgan fingerprint density at radius 1 is 1.09 bits per heavy atom. The predicted molar refractivity (Wildman–Crippen MR) is 133 cm³/mol. The maximum Gasteiger partial charge on any atom is 0.228 e. The van der Waals surface area contributed by atoms with Gasteiger partial charge in [0.05, 0.1) is 19.7 Å². The summed E-state index contributed by atoms with van der Waals surface area (Å²) in [5, 5.41) is 0. The zero-order valence-corrected chi connectivity index (χ0v) is 20.2. The van der Waals surface area contributed by atoms with Gasteiger partial charge in [-0.05, 0) is 66.5 Å². The standard InChI is InChI=1S/C28H31N5O2/c1-35-23-6-5-22(31-17-23)16-26(34)32-13-9-28(10-14-32)18-33(19-28)25-8-4-20-15-21(3-7-24(20)25)27-29-11-2-12-30-27/h2-3,5-7,11-12,15,17,25H,4,8-10,13-14,16,18-19H2,1H3/t25-/m1/s1. The third kappa shape index (κ3) is 4.29. The first kappa shape index (κ1) is 22.2. The molecule has 0 saturated carbocycles. The van der Waals surface area contributed by atoms with Gasteiger partial charge in [0.15, 0.2) is 5.82 Å². The lowest BCUT2D eigenvalue weighted by Gasteiger charge is -2.56. The second kappa shape index (κ2) is 9.04. The summed E-state index contributed by atoms with van der Waals surface area (Å²) in [6.45, 7) is 3.99. The van der Waals surface area contributed by atoms with Crippen molar-refractivity contribution in [2.75, 3.05) is 33.3 Å². The molecule has 35 heavy (non-hydrogen) atoms. The van der Waals surface area contributed by atoms with Crippen molar-refractivity contribution >= 4 is 5.91 Å². The predicted octanol–water partition coefficient (Wildman–Crippen LogP) is 3.70. The Morgan fingerprint density at radius 2 is 1.89 bits per heavy atom. The number of fused-ring (bicyclic) bond motifs is 1. The molecular weight excluding hydrogens is 438 g/mol. The van der Waals surface area contributed by atoms with Crippen LogP contribution in [0.4, 0.5) is 0 Å². The maximum absolute atomic E-state index is 12.8. The van der Waals surface area contributed by atoms with Crippen molar-refractivity contribution in [2.24, 2.45) is 5.41 Å². The van der Waals surface area contributed by atoms with E-state index in [0.717, 1.165) is 62.5 Å². The van der Waals surface area contributed by atoms with Crippen molar-refractivity contribution in [1.29, 1.82) is 0 Å². The number of carbonyl (C=O) groups is 1. The number of ether oxygens (including phenoxy) is 1. The van der Waals surface area contributed by atoms with Crippen LogP contribution in [0, 0.1) is 5.41 Å². The molecule has 0 bridgehead atoms. The SMILES string of the molecule is COc1ccc(CC(=O)N2CCC3(CC2)CN([C@@H]2CCc4cc(-c5ncccn5)ccc42)C3)nc1. The highest BCUT2D eigenvalue weighted by atomic mass is 16.5. The number of amides is 1. The van der Waals surface area contributed by atoms with Crippen LogP contribution < -0.4 is 4.74 Å². The molecule has 1 spiro atoms. The Bertz CT molecular complexity index is 1200. The van der Waals surface area contributed by atoms with Crippen LogP contribution in [-0.4, -0.2) is 63.9 Å². The van der Waals surface area contributed by atoms with E-state index in [4.69, 9.17) is 4.74 Å². The van der Waals surface area contributed by atoms with E-state index >= 15 is 0 Å². The molecule has 2 aliphatic heterocycles. The van der Waals surface area contributed by atoms with Gasteiger partial charge in [-0.1, -0.05) is 12.1 Å². The van der Waals surface area contributed by atoms with Gasteiger partial charge in [0.2, 0.25) is 5.91 Å². The van der Waals surface area contributed by atoms with Gasteiger partial charge in [0, 0.05) is 55.9 Å². The summed E-state index contributed by atoms with van der Waals surface area (Å²) in [7, 11) is 1.62. The lowest BCUT2D eigenvalue weighted by atomic mass is 9.71. The zero-order chi connectivity index (χ0) is 23.8. The fourth-order valence-corrected chi connectivity index (χ4v) is 6.05. The van der Waals surface area contributed by atoms with Crippen molar-refractivity contribution in [2.45, 2.75) is 38.1 Å². The molecule has 0 N–H and O–H groups in total. The van der Waals surface area contributed by atoms with E-state index in [-0.39, 0.29) is 5.91 Å². The normalized spacial score (nSPS) is 20.9. The Balaban J connectivity index is 1.03. The van der Waals surface area contributed by atoms with Gasteiger partial charge >= 0.3 is 0 Å². The van der Waals surface area contributed by atoms with Gasteiger partial charge in [-0.25, -0.2) is 9.97 Å². The highest BCUT2D eigenvalue weighted by Crippen LogP contribution is 2.48. The fourth-order valence-electron chi connectivity index (χ4n) is 6.05. The fraction of sp³-hybridized carbons (Fsp3) is 0.429. The molecule has 7 nitrogen and oxygen atoms in total. The van der Waals surface area contributed by atoms with Gasteiger partial charge < -0.3 is 9.64 Å². The van der Waals surface area contributed by atoms with Crippen LogP contribution in [0.15, 0.2) is 55.0 Å². The van der Waals surface area contributed by atoms with Crippen molar-refractivity contribution in [3.8, 4) is 17.1 Å². The summed E-state index contributed by atoms with van der Waals surface area (Å²) in [5.41, 5.74) is 5.18. The van der Waals surface area contributed by atoms with Gasteiger partial charge in [0.25, 0.3) is 0 Å². The molecule has 7 heteroatoms. The van der Waals surface area contributed by atoms with Gasteiger partial charge in [-0.3, -0.25) is 14.7 Å². The molecule has 2 fully saturated rings. The molecule has 1 amide bonds. The quantitative estimate of drug-likeness (QED) is 0.568. The average molecular weight is 470 g/mol. The molecule has 0 radical (unpaired) electrons. The molecule has 0 unspecified atom stereocenters. The van der Waals surface area contributed by atoms with Gasteiger partial charge in [-0.15, -0.1) is 0 Å². The first-order valence-electron chi connectivity index (χ1n) is 12.5. The van der Waals surface area contributed by atoms with Crippen molar-refractivity contribution < 1.29 is 9.53 Å². The van der Waals surface area contributed by atoms with Crippen LogP contribution in [0.25, 0.3) is 11.4 Å². The first-order chi connectivity index (χ1) is 17.1. The third-order valence-corrected chi connectivity index (χ3v) is 8.07. The van der Waals surface area contributed by atoms with E-state index < -0.39 is 0 Å². The van der Waals surface area contributed by atoms with E-state index in [2.05, 4.69) is 38.1 Å². The highest BCUT2D eigenvalue weighted by Gasteiger charge is 2.48. The summed E-state index contributed by atoms with van der Waals surface area (Å²) in [6.07, 6.45) is 10.1. The van der Waals surface area contributed by atoms with E-state index in [1.54, 1.807) is 25.7 Å². The van der Waals surface area contributed by atoms with Crippen molar-refractivity contribution in [3.63, 3.8) is 0 Å². The van der Waals surface area contributed by atoms with Crippen molar-refractivity contribution in [1.82, 2.24) is 24.8 Å². The summed E-state index contributed by atoms with van der Waals surface area (Å²) in [4.78, 5) is 30.7. The molecule has 3 aliphatic rings. The number of piperidine rings is 1. The third-order valence-electron chi connectivity index (χ3n) is 8.07. The van der Waals surface area contributed by atoms with Gasteiger partial charge in [-0.2, -0.15) is 0 Å². The van der Waals surface area contributed by atoms with E-state index in [9.17, 15) is 4.79 Å². The largest absolute Gasteiger partial charge is 0.495 e. The number of methoxy groups -OCH3 is 1. The molecular formula is C28H31N5O2. The topological polar surface area (TPSA) is 71.5 Å². The number of pyridine rings is 1. The lowest BCUT2D eigenvalue weighted by Crippen LogP contribution is -2.61. The second-order valence-electron chi connectivity index (χ2n) is 10.2. The minimum absolute atomic E-state index is 0.177. The van der Waals surface area contributed by atoms with E-state index in [1.807, 2.05) is 23.1 Å². The van der Waals surface area contributed by atoms with E-state index in [0.29, 0.717) is 23.6 Å². The average Bonchev–Trinajstić information content (AvgIpc) is 3.31. The Morgan fingerprint density at radius 3 is 2.60 bits per heavy atom. The van der Waals surface area contributed by atoms with Crippen LogP contribution in [0.3, 0.4) is 0 Å². The number of hydrogen-bond donors (Lipinski definition) is 0. The number of hydrogen-bond acceptors (Lipinski definition) is 6. The number of aryl methyl sites for hydroxylation is 1. The number of carbonyl (C=O) groups excluding carboxylic acids is 1. The smallest absolute Gasteiger partial charge is 0.228 e. The summed E-state index contributed by atoms with van der Waals surface area (Å²) in [5.74, 6) is 1.69. The highest BCUT2D eigenvalue weighted by molar-refractivity contribution is 5.78. The van der Waals surface area contributed by atoms with Crippen LogP contribution in [0.5, 0.6) is 5.75 Å². The first-order valence-corrected chi connectivity index (χ1v) is 12.5. The molecule has 1 atom stereocenters. The molecule has 6 rings (SSSR count). The van der Waals surface area contributed by atoms with E-state index in [1.165, 1.54) is 17.5 Å². The summed E-state index contributed by atoms with van der Waals surface area (Å²) < 4.78 is 5.15. The lowest BCUT2D eigenvalue weighted by molar-refractivity contribution is -0.136. The minimum atomic E-state index is 0.177. The Hall–Kier alpha value is -3.32. The molecule has 2 aromatic heterocycles. The molecule has 4 heterocycles. The molecule has 1 aromatic carbocycles. The molecule has 180 valence electrons. The number of nitrogens with zero attached hydrogens (tertiary/aromatic N) is 5. The number of aromatic nitrogens is 3. The van der Waals surface area contributed by atoms with Gasteiger partial charge in [0.1, 0.15) is 5.75 Å². The van der Waals surface area contributed by atoms with Crippen LogP contribution in [-0.2, 0) is 17.6 Å². The maximum atomic E-state index is 12.8. The van der Waals surface area contributed by atoms with Crippen LogP contribution in [0.2, 0.25) is 0 Å². The Labute approximate surface area is 206 Å². The van der Waals surface area contributed by atoms with Crippen LogP contribution >= 0.6 is 0 Å². The number of rotatable bonds is 5. The minimum Gasteiger partial charge on any atom is -0.495 e. The Kier molecular flexibility index (Phi) is 5.72. The number of likely N-dealkylation sites (tertiary alicyclic amines) is 2. The number of benzene rings is 1. The monoisotopic (exact) mass is 469 g/mol. The summed E-state index contributed by atoms with van der Waals surface area (Å²) in [6, 6.07) is 12.8. The zero-order valence-electron chi connectivity index (χ0n) is 20.2. The molecule has 3 aromatic rings. The van der Waals surface area contributed by atoms with Crippen LogP contribution in [0.1, 0.15) is 42.1 Å². The molecule has 2 saturated heterocycles. The molecule has 1 aliphatic carbocycles. The van der Waals surface area contributed by atoms with Crippen molar-refractivity contribution in [3.05, 3.63) is 71.8 Å². The second-order valence-corrected chi connectivity index (χ2v) is 10.2.